The van der Waals surface area contributed by atoms with Gasteiger partial charge < -0.3 is 14.7 Å². The summed E-state index contributed by atoms with van der Waals surface area (Å²) in [6.45, 7) is 1.97. The van der Waals surface area contributed by atoms with Gasteiger partial charge in [-0.1, -0.05) is 24.3 Å². The first kappa shape index (κ1) is 15.6. The Kier molecular flexibility index (Phi) is 4.04. The fraction of sp³-hybridized carbons (Fsp3) is 0.579. The number of benzene rings is 1. The summed E-state index contributed by atoms with van der Waals surface area (Å²) in [6, 6.07) is 8.16. The van der Waals surface area contributed by atoms with Crippen molar-refractivity contribution < 1.29 is 19.4 Å². The number of rotatable bonds is 3. The van der Waals surface area contributed by atoms with Gasteiger partial charge in [0, 0.05) is 19.7 Å². The highest BCUT2D eigenvalue weighted by molar-refractivity contribution is 5.87. The van der Waals surface area contributed by atoms with Crippen LogP contribution in [-0.4, -0.2) is 47.7 Å². The van der Waals surface area contributed by atoms with Gasteiger partial charge in [0.15, 0.2) is 0 Å². The van der Waals surface area contributed by atoms with E-state index in [-0.39, 0.29) is 29.8 Å². The Morgan fingerprint density at radius 3 is 2.58 bits per heavy atom. The molecule has 2 heterocycles. The third-order valence-corrected chi connectivity index (χ3v) is 5.92. The van der Waals surface area contributed by atoms with Gasteiger partial charge >= 0.3 is 5.97 Å². The van der Waals surface area contributed by atoms with Crippen LogP contribution < -0.4 is 0 Å². The lowest BCUT2D eigenvalue weighted by Crippen LogP contribution is -2.46. The highest BCUT2D eigenvalue weighted by atomic mass is 16.5. The Morgan fingerprint density at radius 2 is 1.88 bits per heavy atom. The van der Waals surface area contributed by atoms with Crippen LogP contribution in [0.25, 0.3) is 0 Å². The third-order valence-electron chi connectivity index (χ3n) is 5.92. The van der Waals surface area contributed by atoms with Crippen molar-refractivity contribution in [2.45, 2.75) is 37.7 Å². The fourth-order valence-corrected chi connectivity index (χ4v) is 4.49. The molecule has 2 fully saturated rings. The van der Waals surface area contributed by atoms with Crippen LogP contribution >= 0.6 is 0 Å². The summed E-state index contributed by atoms with van der Waals surface area (Å²) in [5, 5.41) is 9.32. The Labute approximate surface area is 141 Å². The Balaban J connectivity index is 1.35. The van der Waals surface area contributed by atoms with E-state index in [1.54, 1.807) is 0 Å². The number of hydrogen-bond acceptors (Lipinski definition) is 3. The van der Waals surface area contributed by atoms with E-state index in [9.17, 15) is 14.7 Å². The molecule has 24 heavy (non-hydrogen) atoms. The van der Waals surface area contributed by atoms with Crippen LogP contribution in [0.3, 0.4) is 0 Å². The number of carbonyl (C=O) groups is 2. The average molecular weight is 329 g/mol. The topological polar surface area (TPSA) is 66.8 Å². The largest absolute Gasteiger partial charge is 0.481 e. The molecular formula is C19H23NO4. The van der Waals surface area contributed by atoms with Crippen LogP contribution in [0.1, 0.15) is 36.3 Å². The van der Waals surface area contributed by atoms with Crippen molar-refractivity contribution in [3.63, 3.8) is 0 Å². The quantitative estimate of drug-likeness (QED) is 0.922. The summed E-state index contributed by atoms with van der Waals surface area (Å²) in [5.41, 5.74) is 2.46. The fourth-order valence-electron chi connectivity index (χ4n) is 4.49. The lowest BCUT2D eigenvalue weighted by molar-refractivity contribution is -0.146. The molecule has 1 aromatic carbocycles. The van der Waals surface area contributed by atoms with E-state index >= 15 is 0 Å². The van der Waals surface area contributed by atoms with E-state index in [0.29, 0.717) is 26.1 Å². The maximum absolute atomic E-state index is 12.7. The van der Waals surface area contributed by atoms with E-state index in [1.807, 2.05) is 17.0 Å². The van der Waals surface area contributed by atoms with Crippen molar-refractivity contribution in [2.24, 2.45) is 11.8 Å². The number of amides is 1. The SMILES string of the molecule is O=C(O)C1CCO[C@H]1C1CCN(C(=O)C2Cc3ccccc32)CC1. The molecule has 2 unspecified atom stereocenters. The maximum Gasteiger partial charge on any atom is 0.309 e. The minimum Gasteiger partial charge on any atom is -0.481 e. The Hall–Kier alpha value is -1.88. The normalized spacial score (nSPS) is 29.8. The molecular weight excluding hydrogens is 306 g/mol. The first-order valence-electron chi connectivity index (χ1n) is 8.86. The van der Waals surface area contributed by atoms with Gasteiger partial charge in [-0.3, -0.25) is 9.59 Å². The van der Waals surface area contributed by atoms with Gasteiger partial charge in [0.25, 0.3) is 0 Å². The van der Waals surface area contributed by atoms with Gasteiger partial charge in [-0.05, 0) is 42.7 Å². The number of aliphatic carboxylic acids is 1. The standard InChI is InChI=1S/C19H23NO4/c21-18(16-11-13-3-1-2-4-14(13)16)20-8-5-12(6-9-20)17-15(19(22)23)7-10-24-17/h1-4,12,15-17H,5-11H2,(H,22,23)/t15?,16?,17-/m0/s1. The van der Waals surface area contributed by atoms with Gasteiger partial charge in [-0.15, -0.1) is 0 Å². The van der Waals surface area contributed by atoms with Crippen molar-refractivity contribution in [1.29, 1.82) is 0 Å². The van der Waals surface area contributed by atoms with E-state index in [1.165, 1.54) is 11.1 Å². The van der Waals surface area contributed by atoms with Crippen LogP contribution in [0.4, 0.5) is 0 Å². The van der Waals surface area contributed by atoms with Crippen molar-refractivity contribution in [3.05, 3.63) is 35.4 Å². The molecule has 4 rings (SSSR count). The average Bonchev–Trinajstić information content (AvgIpc) is 3.06. The Bertz CT molecular complexity index is 651. The van der Waals surface area contributed by atoms with E-state index in [0.717, 1.165) is 19.3 Å². The molecule has 3 atom stereocenters. The summed E-state index contributed by atoms with van der Waals surface area (Å²) < 4.78 is 5.70. The predicted molar refractivity (Wildman–Crippen MR) is 87.7 cm³/mol. The highest BCUT2D eigenvalue weighted by Gasteiger charge is 2.42. The molecule has 3 aliphatic rings. The predicted octanol–water partition coefficient (Wildman–Crippen LogP) is 2.05. The summed E-state index contributed by atoms with van der Waals surface area (Å²) in [4.78, 5) is 26.0. The van der Waals surface area contributed by atoms with Gasteiger partial charge in [0.2, 0.25) is 5.91 Å². The number of carboxylic acids is 1. The van der Waals surface area contributed by atoms with Gasteiger partial charge in [0.1, 0.15) is 0 Å². The number of nitrogens with zero attached hydrogens (tertiary/aromatic N) is 1. The molecule has 128 valence electrons. The summed E-state index contributed by atoms with van der Waals surface area (Å²) >= 11 is 0. The van der Waals surface area contributed by atoms with Crippen molar-refractivity contribution in [2.75, 3.05) is 19.7 Å². The second kappa shape index (κ2) is 6.20. The minimum absolute atomic E-state index is 0.0206. The molecule has 0 spiro atoms. The minimum atomic E-state index is -0.748. The summed E-state index contributed by atoms with van der Waals surface area (Å²) in [6.07, 6.45) is 2.97. The number of carboxylic acid groups (broad SMARTS) is 1. The molecule has 5 heteroatoms. The zero-order chi connectivity index (χ0) is 16.7. The Morgan fingerprint density at radius 1 is 1.12 bits per heavy atom. The maximum atomic E-state index is 12.7. The number of likely N-dealkylation sites (tertiary alicyclic amines) is 1. The molecule has 1 amide bonds. The number of ether oxygens (including phenoxy) is 1. The second-order valence-corrected chi connectivity index (χ2v) is 7.19. The summed E-state index contributed by atoms with van der Waals surface area (Å²) in [5.74, 6) is -0.620. The molecule has 1 aromatic rings. The van der Waals surface area contributed by atoms with E-state index in [2.05, 4.69) is 12.1 Å². The second-order valence-electron chi connectivity index (χ2n) is 7.19. The number of hydrogen-bond donors (Lipinski definition) is 1. The van der Waals surface area contributed by atoms with E-state index < -0.39 is 5.97 Å². The van der Waals surface area contributed by atoms with Crippen molar-refractivity contribution >= 4 is 11.9 Å². The molecule has 0 bridgehead atoms. The van der Waals surface area contributed by atoms with Gasteiger partial charge in [-0.2, -0.15) is 0 Å². The van der Waals surface area contributed by atoms with E-state index in [4.69, 9.17) is 4.74 Å². The molecule has 2 aliphatic heterocycles. The van der Waals surface area contributed by atoms with Crippen LogP contribution in [-0.2, 0) is 20.7 Å². The first-order chi connectivity index (χ1) is 11.6. The number of carbonyl (C=O) groups excluding carboxylic acids is 1. The molecule has 2 saturated heterocycles. The third kappa shape index (κ3) is 2.61. The highest BCUT2D eigenvalue weighted by Crippen LogP contribution is 2.38. The zero-order valence-corrected chi connectivity index (χ0v) is 13.7. The van der Waals surface area contributed by atoms with Crippen LogP contribution in [0.5, 0.6) is 0 Å². The van der Waals surface area contributed by atoms with Gasteiger partial charge in [-0.25, -0.2) is 0 Å². The number of piperidine rings is 1. The molecule has 0 saturated carbocycles. The molecule has 5 nitrogen and oxygen atoms in total. The summed E-state index contributed by atoms with van der Waals surface area (Å²) in [7, 11) is 0. The van der Waals surface area contributed by atoms with Crippen LogP contribution in [0.2, 0.25) is 0 Å². The first-order valence-corrected chi connectivity index (χ1v) is 8.86. The lowest BCUT2D eigenvalue weighted by atomic mass is 9.76. The molecule has 0 aromatic heterocycles. The van der Waals surface area contributed by atoms with Crippen LogP contribution in [0.15, 0.2) is 24.3 Å². The number of fused-ring (bicyclic) bond motifs is 1. The molecule has 1 aliphatic carbocycles. The molecule has 0 radical (unpaired) electrons. The molecule has 1 N–H and O–H groups in total. The smallest absolute Gasteiger partial charge is 0.309 e. The zero-order valence-electron chi connectivity index (χ0n) is 13.7. The lowest BCUT2D eigenvalue weighted by Gasteiger charge is -2.39. The monoisotopic (exact) mass is 329 g/mol. The van der Waals surface area contributed by atoms with Crippen molar-refractivity contribution in [1.82, 2.24) is 4.90 Å². The van der Waals surface area contributed by atoms with Crippen molar-refractivity contribution in [3.8, 4) is 0 Å². The van der Waals surface area contributed by atoms with Crippen LogP contribution in [0, 0.1) is 11.8 Å². The van der Waals surface area contributed by atoms with Gasteiger partial charge in [0.05, 0.1) is 17.9 Å².